The van der Waals surface area contributed by atoms with Crippen molar-refractivity contribution in [3.63, 3.8) is 0 Å². The molecule has 14 heavy (non-hydrogen) atoms. The maximum Gasteiger partial charge on any atom is 0.267 e. The second-order valence-corrected chi connectivity index (χ2v) is 2.67. The molecule has 0 bridgehead atoms. The van der Waals surface area contributed by atoms with E-state index in [2.05, 4.69) is 16.2 Å². The number of amides is 1. The van der Waals surface area contributed by atoms with E-state index in [1.807, 2.05) is 0 Å². The lowest BCUT2D eigenvalue weighted by Crippen LogP contribution is -2.13. The highest BCUT2D eigenvalue weighted by Gasteiger charge is 2.01. The molecule has 0 spiro atoms. The Morgan fingerprint density at radius 3 is 3.14 bits per heavy atom. The van der Waals surface area contributed by atoms with Crippen LogP contribution in [0.1, 0.15) is 16.9 Å². The third-order valence-electron chi connectivity index (χ3n) is 1.61. The second-order valence-electron chi connectivity index (χ2n) is 2.67. The second kappa shape index (κ2) is 4.87. The molecule has 1 aromatic rings. The van der Waals surface area contributed by atoms with Crippen LogP contribution in [0.15, 0.2) is 18.3 Å². The van der Waals surface area contributed by atoms with Crippen LogP contribution in [-0.2, 0) is 0 Å². The van der Waals surface area contributed by atoms with E-state index in [-0.39, 0.29) is 5.69 Å². The summed E-state index contributed by atoms with van der Waals surface area (Å²) in [7, 11) is 0. The lowest BCUT2D eigenvalue weighted by molar-refractivity contribution is 0.0995. The molecule has 1 heterocycles. The SMILES string of the molecule is C#CCCNc1ccnc(C(N)=O)c1. The first kappa shape index (κ1) is 10.1. The third kappa shape index (κ3) is 2.79. The minimum atomic E-state index is -0.536. The van der Waals surface area contributed by atoms with Crippen LogP contribution < -0.4 is 11.1 Å². The summed E-state index contributed by atoms with van der Waals surface area (Å²) in [5, 5.41) is 3.05. The Hall–Kier alpha value is -2.02. The van der Waals surface area contributed by atoms with E-state index in [9.17, 15) is 4.79 Å². The molecule has 0 unspecified atom stereocenters. The number of carbonyl (C=O) groups excluding carboxylic acids is 1. The highest BCUT2D eigenvalue weighted by molar-refractivity contribution is 5.91. The predicted octanol–water partition coefficient (Wildman–Crippen LogP) is 0.616. The highest BCUT2D eigenvalue weighted by Crippen LogP contribution is 2.06. The van der Waals surface area contributed by atoms with Crippen molar-refractivity contribution in [3.05, 3.63) is 24.0 Å². The number of primary amides is 1. The first-order chi connectivity index (χ1) is 6.74. The van der Waals surface area contributed by atoms with Crippen molar-refractivity contribution in [1.29, 1.82) is 0 Å². The number of pyridine rings is 1. The number of hydrogen-bond donors (Lipinski definition) is 2. The monoisotopic (exact) mass is 189 g/mol. The summed E-state index contributed by atoms with van der Waals surface area (Å²) in [6.07, 6.45) is 7.25. The van der Waals surface area contributed by atoms with Crippen LogP contribution in [0, 0.1) is 12.3 Å². The van der Waals surface area contributed by atoms with Gasteiger partial charge in [-0.25, -0.2) is 0 Å². The number of nitrogens with one attached hydrogen (secondary N) is 1. The molecule has 4 heteroatoms. The Bertz CT molecular complexity index is 368. The van der Waals surface area contributed by atoms with Gasteiger partial charge in [-0.05, 0) is 12.1 Å². The van der Waals surface area contributed by atoms with E-state index >= 15 is 0 Å². The zero-order chi connectivity index (χ0) is 10.4. The first-order valence-corrected chi connectivity index (χ1v) is 4.17. The Kier molecular flexibility index (Phi) is 3.50. The number of anilines is 1. The fraction of sp³-hybridized carbons (Fsp3) is 0.200. The van der Waals surface area contributed by atoms with Crippen molar-refractivity contribution in [3.8, 4) is 12.3 Å². The largest absolute Gasteiger partial charge is 0.384 e. The molecule has 72 valence electrons. The van der Waals surface area contributed by atoms with Gasteiger partial charge in [-0.1, -0.05) is 0 Å². The van der Waals surface area contributed by atoms with Gasteiger partial charge in [0.1, 0.15) is 5.69 Å². The molecule has 0 aromatic carbocycles. The van der Waals surface area contributed by atoms with Crippen molar-refractivity contribution < 1.29 is 4.79 Å². The lowest BCUT2D eigenvalue weighted by atomic mass is 10.3. The van der Waals surface area contributed by atoms with E-state index in [0.29, 0.717) is 13.0 Å². The summed E-state index contributed by atoms with van der Waals surface area (Å²) in [5.41, 5.74) is 6.12. The molecule has 0 saturated heterocycles. The number of nitrogens with two attached hydrogens (primary N) is 1. The van der Waals surface area contributed by atoms with Gasteiger partial charge < -0.3 is 11.1 Å². The number of hydrogen-bond acceptors (Lipinski definition) is 3. The van der Waals surface area contributed by atoms with E-state index < -0.39 is 5.91 Å². The fourth-order valence-electron chi connectivity index (χ4n) is 0.954. The maximum atomic E-state index is 10.8. The van der Waals surface area contributed by atoms with Gasteiger partial charge in [-0.3, -0.25) is 9.78 Å². The summed E-state index contributed by atoms with van der Waals surface area (Å²) in [4.78, 5) is 14.6. The molecule has 1 rings (SSSR count). The van der Waals surface area contributed by atoms with Gasteiger partial charge in [0.15, 0.2) is 0 Å². The minimum absolute atomic E-state index is 0.246. The minimum Gasteiger partial charge on any atom is -0.384 e. The highest BCUT2D eigenvalue weighted by atomic mass is 16.1. The lowest BCUT2D eigenvalue weighted by Gasteiger charge is -2.04. The quantitative estimate of drug-likeness (QED) is 0.538. The van der Waals surface area contributed by atoms with Crippen LogP contribution in [0.2, 0.25) is 0 Å². The van der Waals surface area contributed by atoms with E-state index in [0.717, 1.165) is 5.69 Å². The fourth-order valence-corrected chi connectivity index (χ4v) is 0.954. The zero-order valence-corrected chi connectivity index (χ0v) is 7.66. The Morgan fingerprint density at radius 2 is 2.50 bits per heavy atom. The van der Waals surface area contributed by atoms with Crippen LogP contribution in [0.5, 0.6) is 0 Å². The summed E-state index contributed by atoms with van der Waals surface area (Å²) < 4.78 is 0. The van der Waals surface area contributed by atoms with E-state index in [1.54, 1.807) is 12.1 Å². The summed E-state index contributed by atoms with van der Waals surface area (Å²) in [6, 6.07) is 3.35. The molecule has 1 aromatic heterocycles. The summed E-state index contributed by atoms with van der Waals surface area (Å²) in [6.45, 7) is 0.665. The van der Waals surface area contributed by atoms with Gasteiger partial charge in [0.25, 0.3) is 5.91 Å². The van der Waals surface area contributed by atoms with Crippen molar-refractivity contribution in [2.45, 2.75) is 6.42 Å². The van der Waals surface area contributed by atoms with E-state index in [1.165, 1.54) is 6.20 Å². The molecule has 0 aliphatic heterocycles. The number of carbonyl (C=O) groups is 1. The molecule has 0 atom stereocenters. The first-order valence-electron chi connectivity index (χ1n) is 4.17. The number of rotatable bonds is 4. The van der Waals surface area contributed by atoms with Crippen LogP contribution in [0.3, 0.4) is 0 Å². The predicted molar refractivity (Wildman–Crippen MR) is 54.7 cm³/mol. The molecule has 3 N–H and O–H groups in total. The van der Waals surface area contributed by atoms with Crippen LogP contribution in [0.4, 0.5) is 5.69 Å². The average Bonchev–Trinajstić information content (AvgIpc) is 2.19. The van der Waals surface area contributed by atoms with Gasteiger partial charge in [-0.2, -0.15) is 0 Å². The van der Waals surface area contributed by atoms with Crippen molar-refractivity contribution >= 4 is 11.6 Å². The number of terminal acetylenes is 1. The zero-order valence-electron chi connectivity index (χ0n) is 7.66. The van der Waals surface area contributed by atoms with Crippen LogP contribution in [0.25, 0.3) is 0 Å². The Balaban J connectivity index is 2.65. The standard InChI is InChI=1S/C10H11N3O/c1-2-3-5-12-8-4-6-13-9(7-8)10(11)14/h1,4,6-7H,3,5H2,(H2,11,14)(H,12,13). The van der Waals surface area contributed by atoms with Crippen LogP contribution >= 0.6 is 0 Å². The van der Waals surface area contributed by atoms with Gasteiger partial charge >= 0.3 is 0 Å². The van der Waals surface area contributed by atoms with Gasteiger partial charge in [-0.15, -0.1) is 12.3 Å². The van der Waals surface area contributed by atoms with Gasteiger partial charge in [0.2, 0.25) is 0 Å². The van der Waals surface area contributed by atoms with Crippen molar-refractivity contribution in [1.82, 2.24) is 4.98 Å². The van der Waals surface area contributed by atoms with E-state index in [4.69, 9.17) is 12.2 Å². The topological polar surface area (TPSA) is 68.0 Å². The third-order valence-corrected chi connectivity index (χ3v) is 1.61. The maximum absolute atomic E-state index is 10.8. The smallest absolute Gasteiger partial charge is 0.267 e. The molecular formula is C10H11N3O. The molecule has 4 nitrogen and oxygen atoms in total. The van der Waals surface area contributed by atoms with Crippen molar-refractivity contribution in [2.75, 3.05) is 11.9 Å². The number of nitrogens with zero attached hydrogens (tertiary/aromatic N) is 1. The summed E-state index contributed by atoms with van der Waals surface area (Å²) >= 11 is 0. The average molecular weight is 189 g/mol. The Labute approximate surface area is 82.5 Å². The molecule has 0 fully saturated rings. The molecule has 0 aliphatic carbocycles. The molecule has 0 aliphatic rings. The molecule has 0 radical (unpaired) electrons. The van der Waals surface area contributed by atoms with Gasteiger partial charge in [0.05, 0.1) is 0 Å². The molecule has 1 amide bonds. The summed E-state index contributed by atoms with van der Waals surface area (Å²) in [5.74, 6) is 1.97. The van der Waals surface area contributed by atoms with Gasteiger partial charge in [0, 0.05) is 24.8 Å². The Morgan fingerprint density at radius 1 is 1.71 bits per heavy atom. The normalized spacial score (nSPS) is 9.07. The number of aromatic nitrogens is 1. The van der Waals surface area contributed by atoms with Crippen molar-refractivity contribution in [2.24, 2.45) is 5.73 Å². The van der Waals surface area contributed by atoms with Crippen LogP contribution in [-0.4, -0.2) is 17.4 Å². The molecular weight excluding hydrogens is 178 g/mol. The molecule has 0 saturated carbocycles.